The van der Waals surface area contributed by atoms with Crippen LogP contribution in [0.3, 0.4) is 0 Å². The minimum atomic E-state index is 0.535. The molecule has 0 atom stereocenters. The normalized spacial score (nSPS) is 10.4. The maximum atomic E-state index is 6.02. The van der Waals surface area contributed by atoms with Crippen molar-refractivity contribution in [2.24, 2.45) is 0 Å². The zero-order valence-corrected chi connectivity index (χ0v) is 12.7. The van der Waals surface area contributed by atoms with Gasteiger partial charge in [0.2, 0.25) is 0 Å². The molecule has 0 spiro atoms. The number of anilines is 3. The summed E-state index contributed by atoms with van der Waals surface area (Å²) in [5.41, 5.74) is 9.19. The van der Waals surface area contributed by atoms with Crippen molar-refractivity contribution in [2.45, 2.75) is 6.92 Å². The third kappa shape index (κ3) is 2.91. The zero-order chi connectivity index (χ0) is 13.3. The minimum absolute atomic E-state index is 0.535. The molecule has 94 valence electrons. The maximum Gasteiger partial charge on any atom is 0.0656 e. The number of nitrogens with two attached hydrogens (primary N) is 1. The second-order valence-electron chi connectivity index (χ2n) is 3.94. The molecule has 0 saturated carbocycles. The molecule has 3 N–H and O–H groups in total. The fourth-order valence-electron chi connectivity index (χ4n) is 1.57. The predicted octanol–water partition coefficient (Wildman–Crippen LogP) is 5.39. The Hall–Kier alpha value is -0.900. The second kappa shape index (κ2) is 5.39. The first-order valence-electron chi connectivity index (χ1n) is 5.25. The number of nitrogens with one attached hydrogen (secondary N) is 1. The summed E-state index contributed by atoms with van der Waals surface area (Å²) in [4.78, 5) is 0. The van der Waals surface area contributed by atoms with Gasteiger partial charge in [0.1, 0.15) is 0 Å². The van der Waals surface area contributed by atoms with Crippen LogP contribution in [0.5, 0.6) is 0 Å². The van der Waals surface area contributed by atoms with Crippen LogP contribution in [0.2, 0.25) is 10.0 Å². The van der Waals surface area contributed by atoms with E-state index in [1.54, 1.807) is 0 Å². The van der Waals surface area contributed by atoms with Crippen molar-refractivity contribution in [3.05, 3.63) is 50.4 Å². The summed E-state index contributed by atoms with van der Waals surface area (Å²) in [6.07, 6.45) is 0. The van der Waals surface area contributed by atoms with Gasteiger partial charge < -0.3 is 11.1 Å². The van der Waals surface area contributed by atoms with Gasteiger partial charge in [0.05, 0.1) is 16.4 Å². The standard InChI is InChI=1S/C13H11BrCl2N2/c1-7-4-11(17)10(16)6-13(7)18-12-3-2-8(15)5-9(12)14/h2-6,18H,17H2,1H3. The molecule has 2 nitrogen and oxygen atoms in total. The summed E-state index contributed by atoms with van der Waals surface area (Å²) in [6, 6.07) is 9.21. The van der Waals surface area contributed by atoms with Crippen molar-refractivity contribution in [2.75, 3.05) is 11.1 Å². The lowest BCUT2D eigenvalue weighted by atomic mass is 10.1. The predicted molar refractivity (Wildman–Crippen MR) is 83.0 cm³/mol. The van der Waals surface area contributed by atoms with Gasteiger partial charge >= 0.3 is 0 Å². The smallest absolute Gasteiger partial charge is 0.0656 e. The highest BCUT2D eigenvalue weighted by atomic mass is 79.9. The Labute approximate surface area is 124 Å². The Balaban J connectivity index is 2.37. The number of aryl methyl sites for hydroxylation is 1. The average molecular weight is 346 g/mol. The van der Waals surface area contributed by atoms with E-state index in [4.69, 9.17) is 28.9 Å². The van der Waals surface area contributed by atoms with Crippen molar-refractivity contribution in [3.8, 4) is 0 Å². The van der Waals surface area contributed by atoms with Crippen molar-refractivity contribution in [1.29, 1.82) is 0 Å². The van der Waals surface area contributed by atoms with Gasteiger partial charge in [-0.3, -0.25) is 0 Å². The fourth-order valence-corrected chi connectivity index (χ4v) is 2.52. The highest BCUT2D eigenvalue weighted by Gasteiger charge is 2.06. The van der Waals surface area contributed by atoms with Crippen molar-refractivity contribution in [3.63, 3.8) is 0 Å². The third-order valence-corrected chi connectivity index (χ3v) is 3.76. The van der Waals surface area contributed by atoms with Gasteiger partial charge in [-0.25, -0.2) is 0 Å². The fraction of sp³-hybridized carbons (Fsp3) is 0.0769. The van der Waals surface area contributed by atoms with E-state index in [-0.39, 0.29) is 0 Å². The lowest BCUT2D eigenvalue weighted by Crippen LogP contribution is -1.96. The van der Waals surface area contributed by atoms with Crippen molar-refractivity contribution >= 4 is 56.2 Å². The van der Waals surface area contributed by atoms with E-state index in [0.29, 0.717) is 15.7 Å². The molecule has 0 fully saturated rings. The van der Waals surface area contributed by atoms with Crippen LogP contribution < -0.4 is 11.1 Å². The summed E-state index contributed by atoms with van der Waals surface area (Å²) >= 11 is 15.4. The van der Waals surface area contributed by atoms with Crippen LogP contribution in [-0.2, 0) is 0 Å². The Morgan fingerprint density at radius 2 is 1.83 bits per heavy atom. The Morgan fingerprint density at radius 1 is 1.11 bits per heavy atom. The monoisotopic (exact) mass is 344 g/mol. The number of hydrogen-bond donors (Lipinski definition) is 2. The Morgan fingerprint density at radius 3 is 2.50 bits per heavy atom. The van der Waals surface area contributed by atoms with Gasteiger partial charge in [0.25, 0.3) is 0 Å². The van der Waals surface area contributed by atoms with E-state index in [1.807, 2.05) is 37.3 Å². The molecule has 0 amide bonds. The topological polar surface area (TPSA) is 38.0 Å². The van der Waals surface area contributed by atoms with E-state index in [2.05, 4.69) is 21.2 Å². The lowest BCUT2D eigenvalue weighted by Gasteiger charge is -2.13. The van der Waals surface area contributed by atoms with Gasteiger partial charge in [0, 0.05) is 15.2 Å². The number of hydrogen-bond acceptors (Lipinski definition) is 2. The molecule has 2 rings (SSSR count). The van der Waals surface area contributed by atoms with E-state index in [9.17, 15) is 0 Å². The molecule has 2 aromatic rings. The first-order chi connectivity index (χ1) is 8.47. The van der Waals surface area contributed by atoms with Crippen LogP contribution in [0.25, 0.3) is 0 Å². The molecule has 0 heterocycles. The molecule has 0 aliphatic heterocycles. The first-order valence-corrected chi connectivity index (χ1v) is 6.80. The number of rotatable bonds is 2. The van der Waals surface area contributed by atoms with Crippen LogP contribution in [-0.4, -0.2) is 0 Å². The van der Waals surface area contributed by atoms with Crippen LogP contribution in [0.15, 0.2) is 34.8 Å². The van der Waals surface area contributed by atoms with Gasteiger partial charge in [0.15, 0.2) is 0 Å². The maximum absolute atomic E-state index is 6.02. The summed E-state index contributed by atoms with van der Waals surface area (Å²) in [5.74, 6) is 0. The van der Waals surface area contributed by atoms with Gasteiger partial charge in [-0.15, -0.1) is 0 Å². The zero-order valence-electron chi connectivity index (χ0n) is 9.60. The molecule has 18 heavy (non-hydrogen) atoms. The number of nitrogen functional groups attached to an aromatic ring is 1. The molecule has 0 unspecified atom stereocenters. The van der Waals surface area contributed by atoms with Crippen molar-refractivity contribution in [1.82, 2.24) is 0 Å². The van der Waals surface area contributed by atoms with Crippen molar-refractivity contribution < 1.29 is 0 Å². The van der Waals surface area contributed by atoms with Gasteiger partial charge in [-0.05, 0) is 58.7 Å². The third-order valence-electron chi connectivity index (χ3n) is 2.54. The number of halogens is 3. The largest absolute Gasteiger partial charge is 0.398 e. The van der Waals surface area contributed by atoms with Gasteiger partial charge in [-0.1, -0.05) is 23.2 Å². The summed E-state index contributed by atoms with van der Waals surface area (Å²) < 4.78 is 0.891. The molecule has 5 heteroatoms. The Bertz CT molecular complexity index is 600. The molecular formula is C13H11BrCl2N2. The highest BCUT2D eigenvalue weighted by molar-refractivity contribution is 9.10. The van der Waals surface area contributed by atoms with E-state index in [0.717, 1.165) is 21.4 Å². The molecule has 0 saturated heterocycles. The van der Waals surface area contributed by atoms with E-state index < -0.39 is 0 Å². The summed E-state index contributed by atoms with van der Waals surface area (Å²) in [6.45, 7) is 1.97. The summed E-state index contributed by atoms with van der Waals surface area (Å²) in [7, 11) is 0. The van der Waals surface area contributed by atoms with Crippen LogP contribution >= 0.6 is 39.1 Å². The van der Waals surface area contributed by atoms with E-state index >= 15 is 0 Å². The quantitative estimate of drug-likeness (QED) is 0.716. The molecule has 0 aliphatic carbocycles. The van der Waals surface area contributed by atoms with Crippen LogP contribution in [0, 0.1) is 6.92 Å². The average Bonchev–Trinajstić information content (AvgIpc) is 2.29. The summed E-state index contributed by atoms with van der Waals surface area (Å²) in [5, 5.41) is 4.51. The van der Waals surface area contributed by atoms with Gasteiger partial charge in [-0.2, -0.15) is 0 Å². The highest BCUT2D eigenvalue weighted by Crippen LogP contribution is 2.32. The Kier molecular flexibility index (Phi) is 4.05. The molecule has 0 aromatic heterocycles. The molecule has 0 radical (unpaired) electrons. The molecule has 0 aliphatic rings. The van der Waals surface area contributed by atoms with Crippen LogP contribution in [0.4, 0.5) is 17.1 Å². The van der Waals surface area contributed by atoms with E-state index in [1.165, 1.54) is 0 Å². The lowest BCUT2D eigenvalue weighted by molar-refractivity contribution is 1.42. The minimum Gasteiger partial charge on any atom is -0.398 e. The first kappa shape index (κ1) is 13.5. The van der Waals surface area contributed by atoms with Crippen LogP contribution in [0.1, 0.15) is 5.56 Å². The molecule has 2 aromatic carbocycles. The number of benzene rings is 2. The molecular weight excluding hydrogens is 335 g/mol. The SMILES string of the molecule is Cc1cc(N)c(Cl)cc1Nc1ccc(Cl)cc1Br. The second-order valence-corrected chi connectivity index (χ2v) is 5.64. The molecule has 0 bridgehead atoms.